The molecule has 3 heteroatoms. The van der Waals surface area contributed by atoms with E-state index in [0.717, 1.165) is 19.8 Å². The third kappa shape index (κ3) is 22.2. The molecule has 1 atom stereocenters. The summed E-state index contributed by atoms with van der Waals surface area (Å²) in [4.78, 5) is 0. The number of hydrogen-bond donors (Lipinski definition) is 0. The fraction of sp³-hybridized carbons (Fsp3) is 1.00. The predicted molar refractivity (Wildman–Crippen MR) is 122 cm³/mol. The van der Waals surface area contributed by atoms with E-state index in [1.165, 1.54) is 103 Å². The molecule has 3 nitrogen and oxygen atoms in total. The van der Waals surface area contributed by atoms with E-state index < -0.39 is 0 Å². The lowest BCUT2D eigenvalue weighted by atomic mass is 10.0. The molecule has 0 rings (SSSR count). The highest BCUT2D eigenvalue weighted by Gasteiger charge is 2.08. The maximum absolute atomic E-state index is 5.76. The summed E-state index contributed by atoms with van der Waals surface area (Å²) < 4.78 is 16.8. The number of rotatable bonds is 24. The quantitative estimate of drug-likeness (QED) is 0.155. The van der Waals surface area contributed by atoms with Crippen molar-refractivity contribution in [3.63, 3.8) is 0 Å². The van der Waals surface area contributed by atoms with Crippen LogP contribution >= 0.6 is 0 Å². The standard InChI is InChI=1S/C25H52O3/c1-4-7-8-9-10-11-12-13-14-15-16-17-18-19-20-21-22-27-24-25(28-6-3)23-26-5-2/h25H,4-24H2,1-3H3. The van der Waals surface area contributed by atoms with Crippen molar-refractivity contribution in [3.8, 4) is 0 Å². The van der Waals surface area contributed by atoms with Crippen molar-refractivity contribution in [1.82, 2.24) is 0 Å². The van der Waals surface area contributed by atoms with Gasteiger partial charge in [-0.3, -0.25) is 0 Å². The molecule has 0 aliphatic heterocycles. The molecule has 0 saturated carbocycles. The van der Waals surface area contributed by atoms with Crippen molar-refractivity contribution >= 4 is 0 Å². The summed E-state index contributed by atoms with van der Waals surface area (Å²) in [6.07, 6.45) is 22.6. The monoisotopic (exact) mass is 400 g/mol. The molecule has 0 fully saturated rings. The summed E-state index contributed by atoms with van der Waals surface area (Å²) in [6, 6.07) is 0. The zero-order valence-corrected chi connectivity index (χ0v) is 19.7. The zero-order chi connectivity index (χ0) is 20.5. The van der Waals surface area contributed by atoms with Crippen LogP contribution in [-0.4, -0.2) is 39.1 Å². The molecule has 1 unspecified atom stereocenters. The molecule has 0 aliphatic carbocycles. The maximum Gasteiger partial charge on any atom is 0.104 e. The summed E-state index contributed by atoms with van der Waals surface area (Å²) in [5.41, 5.74) is 0. The smallest absolute Gasteiger partial charge is 0.104 e. The molecule has 0 heterocycles. The molecule has 0 N–H and O–H groups in total. The predicted octanol–water partition coefficient (Wildman–Crippen LogP) is 7.71. The second-order valence-corrected chi connectivity index (χ2v) is 8.12. The molecule has 0 bridgehead atoms. The van der Waals surface area contributed by atoms with Gasteiger partial charge in [-0.05, 0) is 20.3 Å². The Kier molecular flexibility index (Phi) is 24.8. The van der Waals surface area contributed by atoms with Crippen LogP contribution in [0.1, 0.15) is 124 Å². The largest absolute Gasteiger partial charge is 0.379 e. The summed E-state index contributed by atoms with van der Waals surface area (Å²) in [5.74, 6) is 0. The van der Waals surface area contributed by atoms with E-state index >= 15 is 0 Å². The van der Waals surface area contributed by atoms with E-state index in [1.54, 1.807) is 0 Å². The average Bonchev–Trinajstić information content (AvgIpc) is 2.71. The minimum Gasteiger partial charge on any atom is -0.379 e. The highest BCUT2D eigenvalue weighted by atomic mass is 16.6. The van der Waals surface area contributed by atoms with Gasteiger partial charge in [-0.2, -0.15) is 0 Å². The highest BCUT2D eigenvalue weighted by molar-refractivity contribution is 4.55. The Bertz CT molecular complexity index is 271. The first-order valence-electron chi connectivity index (χ1n) is 12.6. The Hall–Kier alpha value is -0.120. The van der Waals surface area contributed by atoms with Crippen molar-refractivity contribution in [2.45, 2.75) is 130 Å². The van der Waals surface area contributed by atoms with Crippen LogP contribution in [-0.2, 0) is 14.2 Å². The molecule has 0 aromatic carbocycles. The summed E-state index contributed by atoms with van der Waals surface area (Å²) in [7, 11) is 0. The van der Waals surface area contributed by atoms with E-state index in [1.807, 2.05) is 13.8 Å². The van der Waals surface area contributed by atoms with Gasteiger partial charge in [-0.25, -0.2) is 0 Å². The van der Waals surface area contributed by atoms with Gasteiger partial charge >= 0.3 is 0 Å². The van der Waals surface area contributed by atoms with Crippen LogP contribution in [0.15, 0.2) is 0 Å². The first kappa shape index (κ1) is 27.9. The molecular formula is C25H52O3. The van der Waals surface area contributed by atoms with Gasteiger partial charge in [0, 0.05) is 19.8 Å². The fourth-order valence-electron chi connectivity index (χ4n) is 3.60. The number of ether oxygens (including phenoxy) is 3. The van der Waals surface area contributed by atoms with Gasteiger partial charge in [0.05, 0.1) is 13.2 Å². The molecule has 0 radical (unpaired) electrons. The van der Waals surface area contributed by atoms with Gasteiger partial charge in [0.15, 0.2) is 0 Å². The Morgan fingerprint density at radius 3 is 1.32 bits per heavy atom. The minimum atomic E-state index is 0.0889. The highest BCUT2D eigenvalue weighted by Crippen LogP contribution is 2.13. The van der Waals surface area contributed by atoms with E-state index in [0.29, 0.717) is 13.2 Å². The lowest BCUT2D eigenvalue weighted by Gasteiger charge is -2.16. The van der Waals surface area contributed by atoms with E-state index in [4.69, 9.17) is 14.2 Å². The van der Waals surface area contributed by atoms with Gasteiger partial charge in [0.1, 0.15) is 6.10 Å². The van der Waals surface area contributed by atoms with Crippen LogP contribution in [0.3, 0.4) is 0 Å². The molecule has 28 heavy (non-hydrogen) atoms. The molecule has 0 amide bonds. The van der Waals surface area contributed by atoms with Crippen molar-refractivity contribution in [2.75, 3.05) is 33.0 Å². The Balaban J connectivity index is 3.17. The van der Waals surface area contributed by atoms with Gasteiger partial charge < -0.3 is 14.2 Å². The van der Waals surface area contributed by atoms with Crippen molar-refractivity contribution in [3.05, 3.63) is 0 Å². The Morgan fingerprint density at radius 2 is 0.893 bits per heavy atom. The molecule has 0 aromatic rings. The summed E-state index contributed by atoms with van der Waals surface area (Å²) in [6.45, 7) is 9.95. The van der Waals surface area contributed by atoms with Gasteiger partial charge in [0.2, 0.25) is 0 Å². The van der Waals surface area contributed by atoms with E-state index in [-0.39, 0.29) is 6.10 Å². The van der Waals surface area contributed by atoms with E-state index in [9.17, 15) is 0 Å². The normalized spacial score (nSPS) is 12.5. The SMILES string of the molecule is CCCCCCCCCCCCCCCCCCOCC(COCC)OCC. The van der Waals surface area contributed by atoms with Crippen molar-refractivity contribution < 1.29 is 14.2 Å². The molecule has 0 aliphatic rings. The second-order valence-electron chi connectivity index (χ2n) is 8.12. The van der Waals surface area contributed by atoms with Crippen LogP contribution in [0.5, 0.6) is 0 Å². The third-order valence-corrected chi connectivity index (χ3v) is 5.36. The van der Waals surface area contributed by atoms with Crippen molar-refractivity contribution in [1.29, 1.82) is 0 Å². The van der Waals surface area contributed by atoms with Gasteiger partial charge in [-0.15, -0.1) is 0 Å². The lowest BCUT2D eigenvalue weighted by Crippen LogP contribution is -2.26. The molecule has 0 aromatic heterocycles. The Morgan fingerprint density at radius 1 is 0.464 bits per heavy atom. The first-order chi connectivity index (χ1) is 13.8. The van der Waals surface area contributed by atoms with Gasteiger partial charge in [0.25, 0.3) is 0 Å². The lowest BCUT2D eigenvalue weighted by molar-refractivity contribution is -0.0548. The Labute approximate surface area is 177 Å². The summed E-state index contributed by atoms with van der Waals surface area (Å²) >= 11 is 0. The summed E-state index contributed by atoms with van der Waals surface area (Å²) in [5, 5.41) is 0. The topological polar surface area (TPSA) is 27.7 Å². The number of hydrogen-bond acceptors (Lipinski definition) is 3. The second kappa shape index (κ2) is 24.9. The first-order valence-corrected chi connectivity index (χ1v) is 12.6. The van der Waals surface area contributed by atoms with Crippen LogP contribution in [0.4, 0.5) is 0 Å². The molecule has 0 spiro atoms. The van der Waals surface area contributed by atoms with Crippen LogP contribution in [0, 0.1) is 0 Å². The fourth-order valence-corrected chi connectivity index (χ4v) is 3.60. The molecule has 0 saturated heterocycles. The maximum atomic E-state index is 5.76. The van der Waals surface area contributed by atoms with Crippen LogP contribution in [0.25, 0.3) is 0 Å². The average molecular weight is 401 g/mol. The minimum absolute atomic E-state index is 0.0889. The zero-order valence-electron chi connectivity index (χ0n) is 19.7. The molecular weight excluding hydrogens is 348 g/mol. The third-order valence-electron chi connectivity index (χ3n) is 5.36. The number of unbranched alkanes of at least 4 members (excludes halogenated alkanes) is 15. The van der Waals surface area contributed by atoms with Crippen LogP contribution in [0.2, 0.25) is 0 Å². The van der Waals surface area contributed by atoms with Crippen LogP contribution < -0.4 is 0 Å². The van der Waals surface area contributed by atoms with Gasteiger partial charge in [-0.1, -0.05) is 103 Å². The molecule has 170 valence electrons. The van der Waals surface area contributed by atoms with E-state index in [2.05, 4.69) is 6.92 Å². The van der Waals surface area contributed by atoms with Crippen molar-refractivity contribution in [2.24, 2.45) is 0 Å².